The Balaban J connectivity index is 3.83. The van der Waals surface area contributed by atoms with Gasteiger partial charge in [-0.15, -0.1) is 5.92 Å². The first-order valence-corrected chi connectivity index (χ1v) is 6.07. The molecule has 0 saturated heterocycles. The monoisotopic (exact) mass is 209 g/mol. The highest BCUT2D eigenvalue weighted by atomic mass is 14.9. The van der Waals surface area contributed by atoms with E-state index in [0.29, 0.717) is 6.04 Å². The molecule has 0 aromatic rings. The fourth-order valence-electron chi connectivity index (χ4n) is 1.80. The van der Waals surface area contributed by atoms with E-state index in [0.717, 1.165) is 18.9 Å². The molecule has 1 N–H and O–H groups in total. The Kier molecular flexibility index (Phi) is 6.68. The minimum absolute atomic E-state index is 0.173. The third-order valence-corrected chi connectivity index (χ3v) is 2.15. The summed E-state index contributed by atoms with van der Waals surface area (Å²) in [7, 11) is 0. The third-order valence-electron chi connectivity index (χ3n) is 2.15. The van der Waals surface area contributed by atoms with Crippen LogP contribution in [0, 0.1) is 23.2 Å². The van der Waals surface area contributed by atoms with Crippen molar-refractivity contribution in [3.05, 3.63) is 0 Å². The molecule has 0 unspecified atom stereocenters. The van der Waals surface area contributed by atoms with Crippen LogP contribution in [0.2, 0.25) is 0 Å². The second-order valence-corrected chi connectivity index (χ2v) is 5.64. The van der Waals surface area contributed by atoms with E-state index in [1.165, 1.54) is 6.42 Å². The van der Waals surface area contributed by atoms with Crippen LogP contribution in [-0.4, -0.2) is 12.6 Å². The summed E-state index contributed by atoms with van der Waals surface area (Å²) in [5, 5.41) is 3.37. The Hall–Kier alpha value is -0.480. The van der Waals surface area contributed by atoms with E-state index >= 15 is 0 Å². The van der Waals surface area contributed by atoms with Crippen LogP contribution < -0.4 is 5.32 Å². The van der Waals surface area contributed by atoms with Gasteiger partial charge in [-0.2, -0.15) is 0 Å². The van der Waals surface area contributed by atoms with Crippen molar-refractivity contribution in [1.82, 2.24) is 5.32 Å². The first-order valence-electron chi connectivity index (χ1n) is 6.07. The molecule has 0 amide bonds. The third kappa shape index (κ3) is 9.82. The number of hydrogen-bond acceptors (Lipinski definition) is 1. The second-order valence-electron chi connectivity index (χ2n) is 5.64. The van der Waals surface area contributed by atoms with Gasteiger partial charge < -0.3 is 5.32 Å². The fraction of sp³-hybridized carbons (Fsp3) is 0.857. The van der Waals surface area contributed by atoms with Gasteiger partial charge in [-0.1, -0.05) is 33.6 Å². The molecular formula is C14H27N. The van der Waals surface area contributed by atoms with Gasteiger partial charge in [0.25, 0.3) is 0 Å². The van der Waals surface area contributed by atoms with Crippen LogP contribution in [0.4, 0.5) is 0 Å². The highest BCUT2D eigenvalue weighted by molar-refractivity contribution is 5.09. The maximum absolute atomic E-state index is 3.37. The van der Waals surface area contributed by atoms with Crippen LogP contribution in [0.25, 0.3) is 0 Å². The predicted molar refractivity (Wildman–Crippen MR) is 68.8 cm³/mol. The summed E-state index contributed by atoms with van der Waals surface area (Å²) in [6.07, 6.45) is 2.14. The van der Waals surface area contributed by atoms with Crippen molar-refractivity contribution in [2.45, 2.75) is 60.4 Å². The average Bonchev–Trinajstić information content (AvgIpc) is 1.99. The van der Waals surface area contributed by atoms with Gasteiger partial charge in [0.1, 0.15) is 0 Å². The summed E-state index contributed by atoms with van der Waals surface area (Å²) in [4.78, 5) is 0. The zero-order valence-electron chi connectivity index (χ0n) is 11.3. The summed E-state index contributed by atoms with van der Waals surface area (Å²) in [6, 6.07) is 0.565. The van der Waals surface area contributed by atoms with E-state index in [1.807, 2.05) is 0 Å². The minimum Gasteiger partial charge on any atom is -0.314 e. The normalized spacial score (nSPS) is 11.7. The highest BCUT2D eigenvalue weighted by Crippen LogP contribution is 2.23. The molecule has 0 aliphatic rings. The lowest BCUT2D eigenvalue weighted by molar-refractivity contribution is 0.381. The van der Waals surface area contributed by atoms with E-state index in [-0.39, 0.29) is 5.41 Å². The van der Waals surface area contributed by atoms with E-state index in [4.69, 9.17) is 0 Å². The van der Waals surface area contributed by atoms with Gasteiger partial charge in [-0.25, -0.2) is 0 Å². The number of nitrogens with one attached hydrogen (secondary N) is 1. The van der Waals surface area contributed by atoms with E-state index < -0.39 is 0 Å². The Morgan fingerprint density at radius 3 is 2.20 bits per heavy atom. The highest BCUT2D eigenvalue weighted by Gasteiger charge is 2.15. The van der Waals surface area contributed by atoms with Crippen molar-refractivity contribution in [1.29, 1.82) is 0 Å². The number of hydrogen-bond donors (Lipinski definition) is 1. The maximum Gasteiger partial charge on any atom is 0.0260 e. The molecule has 0 bridgehead atoms. The van der Waals surface area contributed by atoms with Crippen molar-refractivity contribution in [3.8, 4) is 11.8 Å². The smallest absolute Gasteiger partial charge is 0.0260 e. The second kappa shape index (κ2) is 6.90. The first-order chi connectivity index (χ1) is 6.83. The van der Waals surface area contributed by atoms with Crippen LogP contribution in [0.1, 0.15) is 54.4 Å². The SMILES string of the molecule is CC(C)CC(C)(C)C#CCCNC(C)C. The standard InChI is InChI=1S/C14H27N/c1-12(2)11-14(5,6)9-7-8-10-15-13(3)4/h12-13,15H,8,10-11H2,1-6H3. The zero-order valence-corrected chi connectivity index (χ0v) is 11.3. The summed E-state index contributed by atoms with van der Waals surface area (Å²) >= 11 is 0. The van der Waals surface area contributed by atoms with Crippen molar-refractivity contribution in [2.24, 2.45) is 11.3 Å². The van der Waals surface area contributed by atoms with Crippen LogP contribution >= 0.6 is 0 Å². The Morgan fingerprint density at radius 2 is 1.73 bits per heavy atom. The molecule has 1 heteroatoms. The van der Waals surface area contributed by atoms with Gasteiger partial charge in [-0.3, -0.25) is 0 Å². The molecule has 0 aromatic heterocycles. The molecule has 0 aliphatic heterocycles. The van der Waals surface area contributed by atoms with Crippen molar-refractivity contribution < 1.29 is 0 Å². The van der Waals surface area contributed by atoms with Crippen molar-refractivity contribution >= 4 is 0 Å². The molecule has 0 aliphatic carbocycles. The first kappa shape index (κ1) is 14.5. The molecule has 1 nitrogen and oxygen atoms in total. The Labute approximate surface area is 96.0 Å². The van der Waals surface area contributed by atoms with Gasteiger partial charge in [-0.05, 0) is 26.2 Å². The Morgan fingerprint density at radius 1 is 1.13 bits per heavy atom. The molecule has 15 heavy (non-hydrogen) atoms. The zero-order chi connectivity index (χ0) is 11.9. The largest absolute Gasteiger partial charge is 0.314 e. The Bertz CT molecular complexity index is 215. The minimum atomic E-state index is 0.173. The summed E-state index contributed by atoms with van der Waals surface area (Å²) in [5.41, 5.74) is 0.173. The van der Waals surface area contributed by atoms with Gasteiger partial charge in [0.2, 0.25) is 0 Å². The molecule has 0 heterocycles. The van der Waals surface area contributed by atoms with E-state index in [1.54, 1.807) is 0 Å². The van der Waals surface area contributed by atoms with Crippen LogP contribution in [0.15, 0.2) is 0 Å². The lowest BCUT2D eigenvalue weighted by Gasteiger charge is -2.19. The van der Waals surface area contributed by atoms with Gasteiger partial charge >= 0.3 is 0 Å². The average molecular weight is 209 g/mol. The van der Waals surface area contributed by atoms with Crippen molar-refractivity contribution in [2.75, 3.05) is 6.54 Å². The lowest BCUT2D eigenvalue weighted by atomic mass is 9.84. The van der Waals surface area contributed by atoms with Gasteiger partial charge in [0.05, 0.1) is 0 Å². The fourth-order valence-corrected chi connectivity index (χ4v) is 1.80. The van der Waals surface area contributed by atoms with Crippen LogP contribution in [0.5, 0.6) is 0 Å². The summed E-state index contributed by atoms with van der Waals surface area (Å²) < 4.78 is 0. The number of rotatable bonds is 5. The quantitative estimate of drug-likeness (QED) is 0.540. The molecule has 0 rings (SSSR count). The predicted octanol–water partition coefficient (Wildman–Crippen LogP) is 3.45. The molecule has 88 valence electrons. The van der Waals surface area contributed by atoms with Crippen molar-refractivity contribution in [3.63, 3.8) is 0 Å². The molecule has 0 fully saturated rings. The molecule has 0 spiro atoms. The van der Waals surface area contributed by atoms with E-state index in [9.17, 15) is 0 Å². The molecule has 0 atom stereocenters. The summed E-state index contributed by atoms with van der Waals surface area (Å²) in [5.74, 6) is 7.37. The van der Waals surface area contributed by atoms with Gasteiger partial charge in [0, 0.05) is 24.4 Å². The maximum atomic E-state index is 3.37. The van der Waals surface area contributed by atoms with E-state index in [2.05, 4.69) is 58.7 Å². The van der Waals surface area contributed by atoms with Crippen LogP contribution in [-0.2, 0) is 0 Å². The van der Waals surface area contributed by atoms with Crippen LogP contribution in [0.3, 0.4) is 0 Å². The molecule has 0 saturated carbocycles. The molecular weight excluding hydrogens is 182 g/mol. The molecule has 0 aromatic carbocycles. The molecule has 0 radical (unpaired) electrons. The lowest BCUT2D eigenvalue weighted by Crippen LogP contribution is -2.23. The topological polar surface area (TPSA) is 12.0 Å². The van der Waals surface area contributed by atoms with Gasteiger partial charge in [0.15, 0.2) is 0 Å². The summed E-state index contributed by atoms with van der Waals surface area (Å²) in [6.45, 7) is 14.3.